The van der Waals surface area contributed by atoms with Crippen molar-refractivity contribution in [3.05, 3.63) is 41.8 Å². The second-order valence-electron chi connectivity index (χ2n) is 7.46. The van der Waals surface area contributed by atoms with Crippen LogP contribution in [0.3, 0.4) is 0 Å². The fraction of sp³-hybridized carbons (Fsp3) is 0.381. The predicted octanol–water partition coefficient (Wildman–Crippen LogP) is 3.57. The number of carbonyl (C=O) groups is 1. The lowest BCUT2D eigenvalue weighted by atomic mass is 9.96. The highest BCUT2D eigenvalue weighted by Gasteiger charge is 2.42. The van der Waals surface area contributed by atoms with Gasteiger partial charge in [-0.05, 0) is 31.5 Å². The maximum Gasteiger partial charge on any atom is 0.410 e. The van der Waals surface area contributed by atoms with Crippen LogP contribution in [0, 0.1) is 5.82 Å². The Hall–Kier alpha value is -3.16. The third-order valence-corrected chi connectivity index (χ3v) is 5.88. The Balaban J connectivity index is 1.51. The Morgan fingerprint density at radius 1 is 1.34 bits per heavy atom. The molecule has 4 heterocycles. The summed E-state index contributed by atoms with van der Waals surface area (Å²) in [5.74, 6) is 0.327. The molecule has 0 aliphatic carbocycles. The number of benzene rings is 1. The molecule has 2 atom stereocenters. The van der Waals surface area contributed by atoms with Gasteiger partial charge in [-0.2, -0.15) is 5.10 Å². The van der Waals surface area contributed by atoms with E-state index in [2.05, 4.69) is 10.1 Å². The van der Waals surface area contributed by atoms with Gasteiger partial charge >= 0.3 is 6.09 Å². The van der Waals surface area contributed by atoms with E-state index in [1.165, 1.54) is 6.07 Å². The SMILES string of the molecule is CCn1ncc2c(F)cc(-c3ccc(C4CC5COC(=O)N5C4)c(OC)n3)cc21. The van der Waals surface area contributed by atoms with Crippen molar-refractivity contribution in [1.82, 2.24) is 19.7 Å². The van der Waals surface area contributed by atoms with Crippen molar-refractivity contribution >= 4 is 17.0 Å². The van der Waals surface area contributed by atoms with Crippen LogP contribution in [0.1, 0.15) is 24.8 Å². The molecule has 8 heteroatoms. The van der Waals surface area contributed by atoms with Gasteiger partial charge in [-0.15, -0.1) is 0 Å². The average molecular weight is 396 g/mol. The van der Waals surface area contributed by atoms with Gasteiger partial charge in [-0.3, -0.25) is 4.68 Å². The van der Waals surface area contributed by atoms with E-state index in [9.17, 15) is 9.18 Å². The minimum atomic E-state index is -0.322. The van der Waals surface area contributed by atoms with E-state index in [1.54, 1.807) is 22.9 Å². The van der Waals surface area contributed by atoms with Gasteiger partial charge in [0.15, 0.2) is 0 Å². The molecule has 2 aliphatic rings. The average Bonchev–Trinajstić information content (AvgIpc) is 3.43. The van der Waals surface area contributed by atoms with Crippen LogP contribution >= 0.6 is 0 Å². The van der Waals surface area contributed by atoms with Gasteiger partial charge in [-0.1, -0.05) is 6.07 Å². The van der Waals surface area contributed by atoms with Gasteiger partial charge in [0.2, 0.25) is 5.88 Å². The molecule has 0 saturated carbocycles. The van der Waals surface area contributed by atoms with Crippen molar-refractivity contribution in [2.45, 2.75) is 31.8 Å². The first-order valence-electron chi connectivity index (χ1n) is 9.72. The summed E-state index contributed by atoms with van der Waals surface area (Å²) in [6, 6.07) is 7.35. The summed E-state index contributed by atoms with van der Waals surface area (Å²) in [5.41, 5.74) is 3.00. The molecule has 2 fully saturated rings. The molecular formula is C21H21FN4O3. The summed E-state index contributed by atoms with van der Waals surface area (Å²) in [6.45, 7) is 3.66. The van der Waals surface area contributed by atoms with Crippen molar-refractivity contribution in [2.24, 2.45) is 0 Å². The lowest BCUT2D eigenvalue weighted by Crippen LogP contribution is -2.27. The first kappa shape index (κ1) is 17.9. The molecule has 2 saturated heterocycles. The highest BCUT2D eigenvalue weighted by atomic mass is 19.1. The van der Waals surface area contributed by atoms with E-state index in [4.69, 9.17) is 9.47 Å². The topological polar surface area (TPSA) is 69.5 Å². The molecule has 0 spiro atoms. The quantitative estimate of drug-likeness (QED) is 0.674. The van der Waals surface area contributed by atoms with Gasteiger partial charge < -0.3 is 14.4 Å². The van der Waals surface area contributed by atoms with E-state index < -0.39 is 0 Å². The first-order chi connectivity index (χ1) is 14.1. The number of rotatable bonds is 4. The van der Waals surface area contributed by atoms with Crippen LogP contribution < -0.4 is 4.74 Å². The van der Waals surface area contributed by atoms with Gasteiger partial charge in [0.05, 0.1) is 35.9 Å². The maximum atomic E-state index is 14.6. The number of ether oxygens (including phenoxy) is 2. The summed E-state index contributed by atoms with van der Waals surface area (Å²) < 4.78 is 27.0. The molecule has 0 bridgehead atoms. The number of amides is 1. The first-order valence-corrected chi connectivity index (χ1v) is 9.72. The van der Waals surface area contributed by atoms with Crippen LogP contribution in [0.25, 0.3) is 22.2 Å². The number of aromatic nitrogens is 3. The summed E-state index contributed by atoms with van der Waals surface area (Å²) in [6.07, 6.45) is 2.11. The lowest BCUT2D eigenvalue weighted by molar-refractivity contribution is 0.158. The van der Waals surface area contributed by atoms with Crippen LogP contribution in [0.5, 0.6) is 5.88 Å². The maximum absolute atomic E-state index is 14.6. The predicted molar refractivity (Wildman–Crippen MR) is 104 cm³/mol. The van der Waals surface area contributed by atoms with E-state index >= 15 is 0 Å². The third kappa shape index (κ3) is 2.82. The number of halogens is 1. The minimum Gasteiger partial charge on any atom is -0.481 e. The van der Waals surface area contributed by atoms with Crippen LogP contribution in [-0.4, -0.2) is 52.1 Å². The highest BCUT2D eigenvalue weighted by molar-refractivity contribution is 5.84. The van der Waals surface area contributed by atoms with Crippen LogP contribution in [0.2, 0.25) is 0 Å². The Bertz CT molecular complexity index is 1110. The fourth-order valence-corrected chi connectivity index (χ4v) is 4.39. The highest BCUT2D eigenvalue weighted by Crippen LogP contribution is 2.39. The van der Waals surface area contributed by atoms with Crippen molar-refractivity contribution in [3.63, 3.8) is 0 Å². The summed E-state index contributed by atoms with van der Waals surface area (Å²) in [5, 5.41) is 4.73. The van der Waals surface area contributed by atoms with Crippen LogP contribution in [0.15, 0.2) is 30.5 Å². The Labute approximate surface area is 167 Å². The fourth-order valence-electron chi connectivity index (χ4n) is 4.39. The van der Waals surface area contributed by atoms with E-state index in [1.807, 2.05) is 25.1 Å². The number of carbonyl (C=O) groups excluding carboxylic acids is 1. The molecule has 150 valence electrons. The second-order valence-corrected chi connectivity index (χ2v) is 7.46. The second kappa shape index (κ2) is 6.72. The molecule has 2 aromatic heterocycles. The number of hydrogen-bond donors (Lipinski definition) is 0. The number of aryl methyl sites for hydroxylation is 1. The van der Waals surface area contributed by atoms with Crippen molar-refractivity contribution < 1.29 is 18.7 Å². The number of cyclic esters (lactones) is 1. The number of nitrogens with zero attached hydrogens (tertiary/aromatic N) is 4. The van der Waals surface area contributed by atoms with Crippen LogP contribution in [-0.2, 0) is 11.3 Å². The Morgan fingerprint density at radius 3 is 2.97 bits per heavy atom. The van der Waals surface area contributed by atoms with Gasteiger partial charge in [-0.25, -0.2) is 14.2 Å². The van der Waals surface area contributed by atoms with Crippen molar-refractivity contribution in [2.75, 3.05) is 20.3 Å². The standard InChI is InChI=1S/C21H21FN4O3/c1-3-26-19-8-12(7-17(22)16(19)9-23-26)18-5-4-15(20(24-18)28-2)13-6-14-11-29-21(27)25(14)10-13/h4-5,7-9,13-14H,3,6,10-11H2,1-2H3. The molecule has 29 heavy (non-hydrogen) atoms. The minimum absolute atomic E-state index is 0.114. The third-order valence-electron chi connectivity index (χ3n) is 5.88. The zero-order valence-corrected chi connectivity index (χ0v) is 16.3. The monoisotopic (exact) mass is 396 g/mol. The zero-order chi connectivity index (χ0) is 20.1. The number of pyridine rings is 1. The van der Waals surface area contributed by atoms with Gasteiger partial charge in [0, 0.05) is 30.1 Å². The molecule has 1 amide bonds. The Kier molecular flexibility index (Phi) is 4.15. The molecule has 2 aliphatic heterocycles. The molecule has 3 aromatic rings. The zero-order valence-electron chi connectivity index (χ0n) is 16.3. The number of fused-ring (bicyclic) bond motifs is 2. The van der Waals surface area contributed by atoms with Crippen molar-refractivity contribution in [3.8, 4) is 17.1 Å². The molecular weight excluding hydrogens is 375 g/mol. The number of hydrogen-bond acceptors (Lipinski definition) is 5. The van der Waals surface area contributed by atoms with Crippen LogP contribution in [0.4, 0.5) is 9.18 Å². The molecule has 7 nitrogen and oxygen atoms in total. The Morgan fingerprint density at radius 2 is 2.21 bits per heavy atom. The lowest BCUT2D eigenvalue weighted by Gasteiger charge is -2.16. The smallest absolute Gasteiger partial charge is 0.410 e. The van der Waals surface area contributed by atoms with Gasteiger partial charge in [0.1, 0.15) is 12.4 Å². The largest absolute Gasteiger partial charge is 0.481 e. The molecule has 0 N–H and O–H groups in total. The van der Waals surface area contributed by atoms with E-state index in [-0.39, 0.29) is 23.9 Å². The number of methoxy groups -OCH3 is 1. The molecule has 2 unspecified atom stereocenters. The van der Waals surface area contributed by atoms with Crippen molar-refractivity contribution in [1.29, 1.82) is 0 Å². The molecule has 5 rings (SSSR count). The van der Waals surface area contributed by atoms with E-state index in [0.29, 0.717) is 42.2 Å². The summed E-state index contributed by atoms with van der Waals surface area (Å²) in [4.78, 5) is 18.2. The van der Waals surface area contributed by atoms with E-state index in [0.717, 1.165) is 17.5 Å². The normalized spacial score (nSPS) is 20.9. The summed E-state index contributed by atoms with van der Waals surface area (Å²) >= 11 is 0. The van der Waals surface area contributed by atoms with Gasteiger partial charge in [0.25, 0.3) is 0 Å². The summed E-state index contributed by atoms with van der Waals surface area (Å²) in [7, 11) is 1.58. The molecule has 0 radical (unpaired) electrons. The molecule has 1 aromatic carbocycles.